The van der Waals surface area contributed by atoms with Gasteiger partial charge in [0.2, 0.25) is 0 Å². The van der Waals surface area contributed by atoms with Gasteiger partial charge in [0.25, 0.3) is 0 Å². The molecule has 0 unspecified atom stereocenters. The number of hydrogen-bond donors (Lipinski definition) is 1. The zero-order valence-electron chi connectivity index (χ0n) is 42.8. The highest BCUT2D eigenvalue weighted by Crippen LogP contribution is 2.39. The molecular formula is C65H61Cl2N5O3. The zero-order chi connectivity index (χ0) is 51.7. The molecule has 4 aliphatic rings. The van der Waals surface area contributed by atoms with Gasteiger partial charge in [0.15, 0.2) is 0 Å². The first-order chi connectivity index (χ1) is 36.7. The lowest BCUT2D eigenvalue weighted by Gasteiger charge is -2.23. The van der Waals surface area contributed by atoms with Crippen molar-refractivity contribution in [2.45, 2.75) is 59.3 Å². The van der Waals surface area contributed by atoms with Gasteiger partial charge < -0.3 is 19.4 Å². The number of aryl methyl sites for hydroxylation is 4. The molecule has 5 heterocycles. The Bertz CT molecular complexity index is 3460. The van der Waals surface area contributed by atoms with E-state index in [0.717, 1.165) is 133 Å². The van der Waals surface area contributed by atoms with Crippen molar-refractivity contribution in [3.63, 3.8) is 0 Å². The van der Waals surface area contributed by atoms with E-state index in [4.69, 9.17) is 47.7 Å². The molecule has 0 spiro atoms. The molecule has 378 valence electrons. The number of rotatable bonds is 19. The van der Waals surface area contributed by atoms with Crippen LogP contribution in [0.1, 0.15) is 76.6 Å². The quantitative estimate of drug-likeness (QED) is 0.0497. The fourth-order valence-electron chi connectivity index (χ4n) is 9.90. The smallest absolute Gasteiger partial charge is 0.305 e. The van der Waals surface area contributed by atoms with Gasteiger partial charge in [-0.3, -0.25) is 9.79 Å². The number of allylic oxidation sites excluding steroid dienone is 7. The molecule has 0 atom stereocenters. The summed E-state index contributed by atoms with van der Waals surface area (Å²) in [5.41, 5.74) is 19.3. The summed E-state index contributed by atoms with van der Waals surface area (Å²) in [7, 11) is 0. The number of benzene rings is 5. The van der Waals surface area contributed by atoms with Crippen molar-refractivity contribution in [1.82, 2.24) is 4.98 Å². The van der Waals surface area contributed by atoms with E-state index in [2.05, 4.69) is 182 Å². The number of aliphatic imine (C=N–C) groups is 3. The number of nitrogens with one attached hydrogen (secondary N) is 1. The Morgan fingerprint density at radius 1 is 0.560 bits per heavy atom. The predicted octanol–water partition coefficient (Wildman–Crippen LogP) is 12.9. The van der Waals surface area contributed by atoms with Gasteiger partial charge in [0, 0.05) is 76.4 Å². The topological polar surface area (TPSA) is 91.6 Å². The minimum atomic E-state index is -0.171. The van der Waals surface area contributed by atoms with E-state index in [-0.39, 0.29) is 5.97 Å². The summed E-state index contributed by atoms with van der Waals surface area (Å²) in [4.78, 5) is 35.0. The maximum atomic E-state index is 12.6. The molecule has 75 heavy (non-hydrogen) atoms. The lowest BCUT2D eigenvalue weighted by Crippen LogP contribution is -2.27. The van der Waals surface area contributed by atoms with Crippen LogP contribution >= 0.6 is 23.2 Å². The third-order valence-electron chi connectivity index (χ3n) is 13.9. The molecule has 10 heteroatoms. The van der Waals surface area contributed by atoms with Crippen molar-refractivity contribution in [2.24, 2.45) is 15.0 Å². The van der Waals surface area contributed by atoms with Crippen LogP contribution in [0.4, 0.5) is 5.69 Å². The SMILES string of the molecule is Cc1ccc(C2=C3C=CC(=N3)C(c3ccc(C)cc3)=c3ccc([nH]3)=C(c3ccc(OCCCCOC(=O)CCCc4ccc(N(CCCl)CCCl)cc4)cc3)C3=NC(=C(c4ccc(C)cc4)C4=NC2=CC4)C=C3)cc1. The molecule has 0 aliphatic carbocycles. The molecule has 0 radical (unpaired) electrons. The second-order valence-corrected chi connectivity index (χ2v) is 20.1. The van der Waals surface area contributed by atoms with E-state index in [1.807, 2.05) is 12.1 Å². The molecule has 6 aromatic rings. The number of carbonyl (C=O) groups excluding carboxylic acids is 1. The Balaban J connectivity index is 0.907. The van der Waals surface area contributed by atoms with Crippen molar-refractivity contribution in [3.8, 4) is 5.75 Å². The van der Waals surface area contributed by atoms with Gasteiger partial charge in [-0.05, 0) is 135 Å². The molecule has 4 aliphatic heterocycles. The first kappa shape index (κ1) is 51.0. The van der Waals surface area contributed by atoms with E-state index in [1.165, 1.54) is 22.3 Å². The van der Waals surface area contributed by atoms with Crippen LogP contribution in [0, 0.1) is 20.8 Å². The normalized spacial score (nSPS) is 14.8. The highest BCUT2D eigenvalue weighted by Gasteiger charge is 2.27. The lowest BCUT2D eigenvalue weighted by atomic mass is 9.96. The molecule has 0 saturated carbocycles. The van der Waals surface area contributed by atoms with Gasteiger partial charge >= 0.3 is 5.97 Å². The standard InChI is InChI=1S/C65H61Cl2N5O3/c1-43-9-17-47(18-10-43)62-53-29-31-55(68-53)63(48-19-11-44(2)12-20-48)57-33-35-59(70-57)65(60-36-34-58(71-60)64(56-32-30-54(62)69-56)49-21-13-45(3)14-22-49)50-23-27-52(28-24-50)74-41-4-5-42-75-61(73)8-6-7-46-15-25-51(26-16-46)72(39-37-66)40-38-67/h9-31,33-36,70H,4-8,32,37-42H2,1-3H3. The van der Waals surface area contributed by atoms with E-state index in [0.29, 0.717) is 44.2 Å². The summed E-state index contributed by atoms with van der Waals surface area (Å²) in [5.74, 6) is 1.68. The van der Waals surface area contributed by atoms with E-state index >= 15 is 0 Å². The minimum absolute atomic E-state index is 0.171. The van der Waals surface area contributed by atoms with Crippen molar-refractivity contribution >= 4 is 74.3 Å². The molecule has 0 fully saturated rings. The fraction of sp³-hybridized carbons (Fsp3) is 0.231. The summed E-state index contributed by atoms with van der Waals surface area (Å²) < 4.78 is 11.8. The predicted molar refractivity (Wildman–Crippen MR) is 311 cm³/mol. The lowest BCUT2D eigenvalue weighted by molar-refractivity contribution is -0.143. The number of halogens is 2. The van der Waals surface area contributed by atoms with Crippen molar-refractivity contribution in [1.29, 1.82) is 0 Å². The Labute approximate surface area is 450 Å². The highest BCUT2D eigenvalue weighted by atomic mass is 35.5. The Morgan fingerprint density at radius 2 is 1.07 bits per heavy atom. The molecule has 10 rings (SSSR count). The number of hydrogen-bond acceptors (Lipinski definition) is 7. The molecule has 8 bridgehead atoms. The molecule has 5 aromatic carbocycles. The largest absolute Gasteiger partial charge is 0.494 e. The van der Waals surface area contributed by atoms with Crippen LogP contribution in [-0.2, 0) is 16.0 Å². The molecule has 0 saturated heterocycles. The number of unbranched alkanes of at least 4 members (excludes halogenated alkanes) is 1. The van der Waals surface area contributed by atoms with Crippen LogP contribution in [0.25, 0.3) is 22.3 Å². The van der Waals surface area contributed by atoms with Gasteiger partial charge in [-0.2, -0.15) is 0 Å². The summed E-state index contributed by atoms with van der Waals surface area (Å²) in [6.45, 7) is 8.70. The second-order valence-electron chi connectivity index (χ2n) is 19.4. The van der Waals surface area contributed by atoms with Crippen LogP contribution in [0.5, 0.6) is 5.75 Å². The van der Waals surface area contributed by atoms with Gasteiger partial charge in [-0.25, -0.2) is 9.98 Å². The number of nitrogens with zero attached hydrogens (tertiary/aromatic N) is 4. The summed E-state index contributed by atoms with van der Waals surface area (Å²) >= 11 is 12.0. The average Bonchev–Trinajstić information content (AvgIpc) is 4.29. The minimum Gasteiger partial charge on any atom is -0.494 e. The van der Waals surface area contributed by atoms with Crippen molar-refractivity contribution in [3.05, 3.63) is 236 Å². The number of carbonyl (C=O) groups is 1. The van der Waals surface area contributed by atoms with E-state index in [1.54, 1.807) is 0 Å². The molecule has 1 N–H and O–H groups in total. The third kappa shape index (κ3) is 12.0. The van der Waals surface area contributed by atoms with Crippen LogP contribution in [0.15, 0.2) is 196 Å². The molecule has 0 amide bonds. The van der Waals surface area contributed by atoms with Crippen LogP contribution < -0.4 is 20.3 Å². The Hall–Kier alpha value is -7.52. The number of alkyl halides is 2. The summed E-state index contributed by atoms with van der Waals surface area (Å²) in [5, 5.41) is 1.87. The number of anilines is 1. The first-order valence-electron chi connectivity index (χ1n) is 26.0. The van der Waals surface area contributed by atoms with Gasteiger partial charge in [0.05, 0.1) is 47.4 Å². The zero-order valence-corrected chi connectivity index (χ0v) is 44.4. The van der Waals surface area contributed by atoms with Gasteiger partial charge in [-0.1, -0.05) is 120 Å². The van der Waals surface area contributed by atoms with Crippen LogP contribution in [0.3, 0.4) is 0 Å². The number of ether oxygens (including phenoxy) is 2. The Kier molecular flexibility index (Phi) is 16.2. The number of aromatic nitrogens is 1. The van der Waals surface area contributed by atoms with Crippen molar-refractivity contribution in [2.75, 3.05) is 43.0 Å². The van der Waals surface area contributed by atoms with Crippen LogP contribution in [-0.4, -0.2) is 66.2 Å². The number of esters is 1. The monoisotopic (exact) mass is 1030 g/mol. The van der Waals surface area contributed by atoms with Gasteiger partial charge in [-0.15, -0.1) is 23.2 Å². The number of H-pyrrole nitrogens is 1. The first-order valence-corrected chi connectivity index (χ1v) is 27.1. The summed E-state index contributed by atoms with van der Waals surface area (Å²) in [6.07, 6.45) is 14.8. The number of fused-ring (bicyclic) bond motifs is 5. The average molecular weight is 1030 g/mol. The maximum absolute atomic E-state index is 12.6. The molecule has 8 nitrogen and oxygen atoms in total. The fourth-order valence-corrected chi connectivity index (χ4v) is 10.3. The van der Waals surface area contributed by atoms with E-state index < -0.39 is 0 Å². The van der Waals surface area contributed by atoms with Crippen molar-refractivity contribution < 1.29 is 14.3 Å². The van der Waals surface area contributed by atoms with Gasteiger partial charge in [0.1, 0.15) is 5.75 Å². The van der Waals surface area contributed by atoms with Crippen LogP contribution in [0.2, 0.25) is 0 Å². The third-order valence-corrected chi connectivity index (χ3v) is 14.2. The highest BCUT2D eigenvalue weighted by molar-refractivity contribution is 6.34. The van der Waals surface area contributed by atoms with E-state index in [9.17, 15) is 4.79 Å². The molecular weight excluding hydrogens is 970 g/mol. The molecule has 1 aromatic heterocycles. The second kappa shape index (κ2) is 23.8. The summed E-state index contributed by atoms with van der Waals surface area (Å²) in [6, 6.07) is 46.9. The number of aromatic amines is 1. The Morgan fingerprint density at radius 3 is 1.63 bits per heavy atom. The maximum Gasteiger partial charge on any atom is 0.305 e.